The lowest BCUT2D eigenvalue weighted by Gasteiger charge is -2.34. The first-order valence-corrected chi connectivity index (χ1v) is 11.1. The lowest BCUT2D eigenvalue weighted by atomic mass is 9.73. The number of rotatable bonds is 5. The molecule has 2 N–H and O–H groups in total. The summed E-state index contributed by atoms with van der Waals surface area (Å²) in [6.45, 7) is 1.06. The minimum absolute atomic E-state index is 0.244. The Morgan fingerprint density at radius 3 is 2.81 bits per heavy atom. The van der Waals surface area contributed by atoms with Gasteiger partial charge in [0.05, 0.1) is 10.9 Å². The van der Waals surface area contributed by atoms with Crippen LogP contribution < -0.4 is 10.5 Å². The zero-order valence-electron chi connectivity index (χ0n) is 17.2. The molecule has 4 aromatic rings. The SMILES string of the molecule is NC(=O)C1(c2cc(F)cc(OCc3ccc4c(Br)cc5nccn5c4c3)c2)CCOCC1. The van der Waals surface area contributed by atoms with Gasteiger partial charge < -0.3 is 15.2 Å². The molecule has 2 aromatic carbocycles. The Morgan fingerprint density at radius 2 is 2.03 bits per heavy atom. The van der Waals surface area contributed by atoms with Gasteiger partial charge in [-0.3, -0.25) is 9.20 Å². The summed E-state index contributed by atoms with van der Waals surface area (Å²) in [5, 5.41) is 1.05. The highest BCUT2D eigenvalue weighted by molar-refractivity contribution is 9.10. The molecule has 0 saturated carbocycles. The molecular formula is C24H21BrFN3O3. The number of aromatic nitrogens is 2. The van der Waals surface area contributed by atoms with Gasteiger partial charge >= 0.3 is 0 Å². The first-order valence-electron chi connectivity index (χ1n) is 10.3. The van der Waals surface area contributed by atoms with Crippen LogP contribution >= 0.6 is 15.9 Å². The van der Waals surface area contributed by atoms with Crippen molar-refractivity contribution in [3.63, 3.8) is 0 Å². The van der Waals surface area contributed by atoms with Gasteiger partial charge in [-0.15, -0.1) is 0 Å². The van der Waals surface area contributed by atoms with Crippen LogP contribution in [0.4, 0.5) is 4.39 Å². The fourth-order valence-corrected chi connectivity index (χ4v) is 4.91. The molecule has 1 aliphatic rings. The molecule has 1 saturated heterocycles. The van der Waals surface area contributed by atoms with Crippen molar-refractivity contribution in [2.24, 2.45) is 5.73 Å². The molecule has 164 valence electrons. The van der Waals surface area contributed by atoms with Crippen molar-refractivity contribution in [1.29, 1.82) is 0 Å². The second-order valence-corrected chi connectivity index (χ2v) is 8.88. The number of hydrogen-bond acceptors (Lipinski definition) is 4. The number of primary amides is 1. The molecule has 32 heavy (non-hydrogen) atoms. The highest BCUT2D eigenvalue weighted by atomic mass is 79.9. The summed E-state index contributed by atoms with van der Waals surface area (Å²) in [7, 11) is 0. The van der Waals surface area contributed by atoms with Crippen LogP contribution in [-0.4, -0.2) is 28.5 Å². The molecule has 6 nitrogen and oxygen atoms in total. The van der Waals surface area contributed by atoms with Gasteiger partial charge in [0.2, 0.25) is 5.91 Å². The first-order chi connectivity index (χ1) is 15.5. The van der Waals surface area contributed by atoms with Crippen LogP contribution in [0.15, 0.2) is 59.3 Å². The highest BCUT2D eigenvalue weighted by Crippen LogP contribution is 2.37. The lowest BCUT2D eigenvalue weighted by molar-refractivity contribution is -0.127. The quantitative estimate of drug-likeness (QED) is 0.440. The number of nitrogens with two attached hydrogens (primary N) is 1. The smallest absolute Gasteiger partial charge is 0.228 e. The van der Waals surface area contributed by atoms with E-state index in [2.05, 4.69) is 20.9 Å². The molecular weight excluding hydrogens is 477 g/mol. The average Bonchev–Trinajstić information content (AvgIpc) is 3.26. The van der Waals surface area contributed by atoms with Crippen LogP contribution in [0, 0.1) is 5.82 Å². The van der Waals surface area contributed by atoms with Gasteiger partial charge in [-0.1, -0.05) is 12.1 Å². The van der Waals surface area contributed by atoms with Crippen LogP contribution in [0.2, 0.25) is 0 Å². The van der Waals surface area contributed by atoms with Crippen molar-refractivity contribution in [1.82, 2.24) is 9.38 Å². The Morgan fingerprint density at radius 1 is 1.22 bits per heavy atom. The Balaban J connectivity index is 1.45. The van der Waals surface area contributed by atoms with E-state index in [0.29, 0.717) is 37.4 Å². The summed E-state index contributed by atoms with van der Waals surface area (Å²) in [6, 6.07) is 12.4. The number of amides is 1. The fraction of sp³-hybridized carbons (Fsp3) is 0.250. The second kappa shape index (κ2) is 8.18. The molecule has 1 aliphatic heterocycles. The number of fused-ring (bicyclic) bond motifs is 3. The normalized spacial score (nSPS) is 15.8. The maximum absolute atomic E-state index is 14.5. The summed E-state index contributed by atoms with van der Waals surface area (Å²) in [5.74, 6) is -0.580. The van der Waals surface area contributed by atoms with Crippen molar-refractivity contribution < 1.29 is 18.7 Å². The van der Waals surface area contributed by atoms with E-state index < -0.39 is 17.1 Å². The maximum atomic E-state index is 14.5. The third-order valence-corrected chi connectivity index (χ3v) is 6.81. The summed E-state index contributed by atoms with van der Waals surface area (Å²) in [4.78, 5) is 16.7. The number of pyridine rings is 1. The Hall–Kier alpha value is -2.97. The molecule has 0 spiro atoms. The van der Waals surface area contributed by atoms with Crippen LogP contribution in [0.25, 0.3) is 16.6 Å². The number of carbonyl (C=O) groups excluding carboxylic acids is 1. The average molecular weight is 498 g/mol. The number of ether oxygens (including phenoxy) is 2. The number of nitrogens with zero attached hydrogens (tertiary/aromatic N) is 2. The molecule has 0 aliphatic carbocycles. The minimum Gasteiger partial charge on any atom is -0.489 e. The number of carbonyl (C=O) groups is 1. The number of halogens is 2. The number of benzene rings is 2. The van der Waals surface area contributed by atoms with Crippen LogP contribution in [0.5, 0.6) is 5.75 Å². The van der Waals surface area contributed by atoms with E-state index in [0.717, 1.165) is 26.6 Å². The third-order valence-electron chi connectivity index (χ3n) is 6.15. The van der Waals surface area contributed by atoms with E-state index in [9.17, 15) is 9.18 Å². The van der Waals surface area contributed by atoms with Crippen LogP contribution in [0.3, 0.4) is 0 Å². The Labute approximate surface area is 192 Å². The molecule has 0 bridgehead atoms. The maximum Gasteiger partial charge on any atom is 0.228 e. The van der Waals surface area contributed by atoms with E-state index in [4.69, 9.17) is 15.2 Å². The summed E-state index contributed by atoms with van der Waals surface area (Å²) < 4.78 is 28.7. The van der Waals surface area contributed by atoms with E-state index in [1.807, 2.05) is 34.9 Å². The molecule has 1 fully saturated rings. The molecule has 0 atom stereocenters. The Kier molecular flexibility index (Phi) is 5.35. The van der Waals surface area contributed by atoms with Gasteiger partial charge in [-0.05, 0) is 64.2 Å². The van der Waals surface area contributed by atoms with Gasteiger partial charge in [0.1, 0.15) is 23.8 Å². The van der Waals surface area contributed by atoms with Gasteiger partial charge in [-0.2, -0.15) is 0 Å². The van der Waals surface area contributed by atoms with E-state index in [-0.39, 0.29) is 6.61 Å². The van der Waals surface area contributed by atoms with Gasteiger partial charge in [0, 0.05) is 41.5 Å². The van der Waals surface area contributed by atoms with E-state index in [1.165, 1.54) is 12.1 Å². The first kappa shape index (κ1) is 20.9. The molecule has 0 unspecified atom stereocenters. The van der Waals surface area contributed by atoms with E-state index in [1.54, 1.807) is 12.3 Å². The van der Waals surface area contributed by atoms with Crippen molar-refractivity contribution in [3.05, 3.63) is 76.3 Å². The monoisotopic (exact) mass is 497 g/mol. The highest BCUT2D eigenvalue weighted by Gasteiger charge is 2.40. The fourth-order valence-electron chi connectivity index (χ4n) is 4.37. The minimum atomic E-state index is -0.944. The standard InChI is InChI=1S/C24H21BrFN3O3/c25-20-13-22-28-5-6-29(22)21-9-15(1-2-19(20)21)14-32-18-11-16(10-17(26)12-18)24(23(27)30)3-7-31-8-4-24/h1-2,5-6,9-13H,3-4,7-8,14H2,(H2,27,30). The lowest BCUT2D eigenvalue weighted by Crippen LogP contribution is -2.45. The number of imidazole rings is 1. The molecule has 3 heterocycles. The molecule has 8 heteroatoms. The molecule has 5 rings (SSSR count). The molecule has 0 radical (unpaired) electrons. The van der Waals surface area contributed by atoms with Crippen molar-refractivity contribution in [2.75, 3.05) is 13.2 Å². The predicted molar refractivity (Wildman–Crippen MR) is 122 cm³/mol. The largest absolute Gasteiger partial charge is 0.489 e. The topological polar surface area (TPSA) is 78.9 Å². The van der Waals surface area contributed by atoms with Crippen molar-refractivity contribution in [3.8, 4) is 5.75 Å². The molecule has 2 aromatic heterocycles. The second-order valence-electron chi connectivity index (χ2n) is 8.02. The van der Waals surface area contributed by atoms with Gasteiger partial charge in [-0.25, -0.2) is 9.37 Å². The van der Waals surface area contributed by atoms with Crippen LogP contribution in [0.1, 0.15) is 24.0 Å². The zero-order valence-corrected chi connectivity index (χ0v) is 18.8. The summed E-state index contributed by atoms with van der Waals surface area (Å²) in [5.41, 5.74) is 8.07. The summed E-state index contributed by atoms with van der Waals surface area (Å²) in [6.07, 6.45) is 4.51. The Bertz CT molecular complexity index is 1330. The van der Waals surface area contributed by atoms with Gasteiger partial charge in [0.15, 0.2) is 0 Å². The van der Waals surface area contributed by atoms with E-state index >= 15 is 0 Å². The van der Waals surface area contributed by atoms with Gasteiger partial charge in [0.25, 0.3) is 0 Å². The number of hydrogen-bond donors (Lipinski definition) is 1. The predicted octanol–water partition coefficient (Wildman–Crippen LogP) is 4.50. The summed E-state index contributed by atoms with van der Waals surface area (Å²) >= 11 is 3.60. The zero-order chi connectivity index (χ0) is 22.3. The molecule has 1 amide bonds. The van der Waals surface area contributed by atoms with Crippen molar-refractivity contribution >= 4 is 38.4 Å². The van der Waals surface area contributed by atoms with Crippen LogP contribution in [-0.2, 0) is 21.6 Å². The third kappa shape index (κ3) is 3.63. The van der Waals surface area contributed by atoms with Crippen molar-refractivity contribution in [2.45, 2.75) is 24.9 Å².